The quantitative estimate of drug-likeness (QED) is 0.516. The topological polar surface area (TPSA) is 64.1 Å². The number of nitrogens with zero attached hydrogens (tertiary/aromatic N) is 2. The van der Waals surface area contributed by atoms with Gasteiger partial charge in [0.25, 0.3) is 5.91 Å². The maximum Gasteiger partial charge on any atom is 0.257 e. The Kier molecular flexibility index (Phi) is 5.58. The van der Waals surface area contributed by atoms with Crippen molar-refractivity contribution in [3.63, 3.8) is 0 Å². The van der Waals surface area contributed by atoms with Crippen LogP contribution in [0.25, 0.3) is 0 Å². The highest BCUT2D eigenvalue weighted by Gasteiger charge is 2.16. The Morgan fingerprint density at radius 2 is 1.48 bits per heavy atom. The molecule has 4 aromatic rings. The van der Waals surface area contributed by atoms with E-state index in [4.69, 9.17) is 4.74 Å². The summed E-state index contributed by atoms with van der Waals surface area (Å²) in [4.78, 5) is 20.6. The molecule has 5 nitrogen and oxygen atoms in total. The van der Waals surface area contributed by atoms with Crippen LogP contribution in [0.15, 0.2) is 104 Å². The van der Waals surface area contributed by atoms with Gasteiger partial charge in [-0.1, -0.05) is 60.7 Å². The van der Waals surface area contributed by atoms with E-state index in [0.717, 1.165) is 11.1 Å². The highest BCUT2D eigenvalue weighted by Crippen LogP contribution is 2.27. The Labute approximate surface area is 169 Å². The van der Waals surface area contributed by atoms with Gasteiger partial charge in [-0.3, -0.25) is 9.78 Å². The minimum absolute atomic E-state index is 0.236. The summed E-state index contributed by atoms with van der Waals surface area (Å²) in [6.07, 6.45) is 4.45. The SMILES string of the molecule is O=C(Nc1ccc(OC(c2ccccc2)c2ccccc2)nc1)c1cccnc1. The molecule has 4 rings (SSSR count). The number of nitrogens with one attached hydrogen (secondary N) is 1. The van der Waals surface area contributed by atoms with Gasteiger partial charge in [-0.25, -0.2) is 4.98 Å². The summed E-state index contributed by atoms with van der Waals surface area (Å²) in [7, 11) is 0. The van der Waals surface area contributed by atoms with E-state index >= 15 is 0 Å². The lowest BCUT2D eigenvalue weighted by Gasteiger charge is -2.19. The number of carbonyl (C=O) groups excluding carboxylic acids is 1. The lowest BCUT2D eigenvalue weighted by Crippen LogP contribution is -2.13. The minimum Gasteiger partial charge on any atom is -0.465 e. The van der Waals surface area contributed by atoms with Gasteiger partial charge in [0.05, 0.1) is 17.4 Å². The fourth-order valence-electron chi connectivity index (χ4n) is 2.93. The van der Waals surface area contributed by atoms with Crippen molar-refractivity contribution in [1.82, 2.24) is 9.97 Å². The first-order chi connectivity index (χ1) is 14.3. The molecule has 2 aromatic carbocycles. The highest BCUT2D eigenvalue weighted by molar-refractivity contribution is 6.03. The van der Waals surface area contributed by atoms with Crippen molar-refractivity contribution in [2.24, 2.45) is 0 Å². The van der Waals surface area contributed by atoms with Crippen molar-refractivity contribution in [2.75, 3.05) is 5.32 Å². The molecule has 1 amide bonds. The summed E-state index contributed by atoms with van der Waals surface area (Å²) >= 11 is 0. The second-order valence-corrected chi connectivity index (χ2v) is 6.40. The summed E-state index contributed by atoms with van der Waals surface area (Å²) < 4.78 is 6.20. The minimum atomic E-state index is -0.277. The van der Waals surface area contributed by atoms with Crippen LogP contribution < -0.4 is 10.1 Å². The molecule has 29 heavy (non-hydrogen) atoms. The monoisotopic (exact) mass is 381 g/mol. The summed E-state index contributed by atoms with van der Waals surface area (Å²) in [5.41, 5.74) is 3.15. The number of pyridine rings is 2. The molecule has 0 unspecified atom stereocenters. The van der Waals surface area contributed by atoms with E-state index in [1.54, 1.807) is 36.7 Å². The third kappa shape index (κ3) is 4.65. The van der Waals surface area contributed by atoms with E-state index in [0.29, 0.717) is 17.1 Å². The fraction of sp³-hybridized carbons (Fsp3) is 0.0417. The zero-order valence-corrected chi connectivity index (χ0v) is 15.6. The number of benzene rings is 2. The number of aromatic nitrogens is 2. The van der Waals surface area contributed by atoms with Crippen molar-refractivity contribution in [3.8, 4) is 5.88 Å². The number of amides is 1. The molecular weight excluding hydrogens is 362 g/mol. The van der Waals surface area contributed by atoms with Gasteiger partial charge >= 0.3 is 0 Å². The second kappa shape index (κ2) is 8.80. The maximum absolute atomic E-state index is 12.2. The predicted octanol–water partition coefficient (Wildman–Crippen LogP) is 4.90. The lowest BCUT2D eigenvalue weighted by atomic mass is 10.0. The molecule has 0 atom stereocenters. The molecule has 0 bridgehead atoms. The van der Waals surface area contributed by atoms with E-state index < -0.39 is 0 Å². The third-order valence-electron chi connectivity index (χ3n) is 4.36. The van der Waals surface area contributed by atoms with E-state index in [2.05, 4.69) is 15.3 Å². The van der Waals surface area contributed by atoms with Crippen molar-refractivity contribution in [1.29, 1.82) is 0 Å². The molecule has 0 radical (unpaired) electrons. The smallest absolute Gasteiger partial charge is 0.257 e. The van der Waals surface area contributed by atoms with Crippen LogP contribution in [0.3, 0.4) is 0 Å². The average Bonchev–Trinajstić information content (AvgIpc) is 2.80. The Hall–Kier alpha value is -3.99. The number of anilines is 1. The van der Waals surface area contributed by atoms with Crippen LogP contribution in [0, 0.1) is 0 Å². The van der Waals surface area contributed by atoms with Crippen LogP contribution in [-0.2, 0) is 0 Å². The van der Waals surface area contributed by atoms with Gasteiger partial charge in [-0.05, 0) is 29.3 Å². The lowest BCUT2D eigenvalue weighted by molar-refractivity contribution is 0.102. The standard InChI is InChI=1S/C24H19N3O2/c28-24(20-12-7-15-25-16-20)27-21-13-14-22(26-17-21)29-23(18-8-3-1-4-9-18)19-10-5-2-6-11-19/h1-17,23H,(H,27,28). The zero-order valence-electron chi connectivity index (χ0n) is 15.6. The van der Waals surface area contributed by atoms with Gasteiger partial charge in [0.1, 0.15) is 0 Å². The molecule has 1 N–H and O–H groups in total. The van der Waals surface area contributed by atoms with Gasteiger partial charge in [-0.15, -0.1) is 0 Å². The first-order valence-electron chi connectivity index (χ1n) is 9.23. The molecule has 0 aliphatic rings. The number of carbonyl (C=O) groups is 1. The summed E-state index contributed by atoms with van der Waals surface area (Å²) in [6, 6.07) is 26.9. The van der Waals surface area contributed by atoms with Crippen LogP contribution in [0.2, 0.25) is 0 Å². The van der Waals surface area contributed by atoms with Crippen LogP contribution in [-0.4, -0.2) is 15.9 Å². The molecule has 0 aliphatic heterocycles. The molecule has 0 saturated carbocycles. The molecule has 0 fully saturated rings. The van der Waals surface area contributed by atoms with Gasteiger partial charge in [0.2, 0.25) is 5.88 Å². The molecular formula is C24H19N3O2. The molecule has 2 aromatic heterocycles. The molecule has 0 spiro atoms. The first kappa shape index (κ1) is 18.4. The van der Waals surface area contributed by atoms with Crippen molar-refractivity contribution >= 4 is 11.6 Å². The second-order valence-electron chi connectivity index (χ2n) is 6.40. The largest absolute Gasteiger partial charge is 0.465 e. The Balaban J connectivity index is 1.51. The van der Waals surface area contributed by atoms with Crippen LogP contribution in [0.4, 0.5) is 5.69 Å². The average molecular weight is 381 g/mol. The van der Waals surface area contributed by atoms with Crippen LogP contribution in [0.5, 0.6) is 5.88 Å². The number of hydrogen-bond donors (Lipinski definition) is 1. The van der Waals surface area contributed by atoms with Gasteiger partial charge in [0.15, 0.2) is 6.10 Å². The van der Waals surface area contributed by atoms with Gasteiger partial charge < -0.3 is 10.1 Å². The van der Waals surface area contributed by atoms with Crippen molar-refractivity contribution < 1.29 is 9.53 Å². The molecule has 5 heteroatoms. The van der Waals surface area contributed by atoms with E-state index in [9.17, 15) is 4.79 Å². The number of rotatable bonds is 6. The fourth-order valence-corrected chi connectivity index (χ4v) is 2.93. The molecule has 142 valence electrons. The molecule has 2 heterocycles. The van der Waals surface area contributed by atoms with Crippen molar-refractivity contribution in [2.45, 2.75) is 6.10 Å². The van der Waals surface area contributed by atoms with Gasteiger partial charge in [-0.2, -0.15) is 0 Å². The van der Waals surface area contributed by atoms with E-state index in [-0.39, 0.29) is 12.0 Å². The Bertz CT molecular complexity index is 1010. The highest BCUT2D eigenvalue weighted by atomic mass is 16.5. The molecule has 0 saturated heterocycles. The summed E-state index contributed by atoms with van der Waals surface area (Å²) in [5, 5.41) is 2.81. The Morgan fingerprint density at radius 1 is 0.793 bits per heavy atom. The predicted molar refractivity (Wildman–Crippen MR) is 112 cm³/mol. The maximum atomic E-state index is 12.2. The first-order valence-corrected chi connectivity index (χ1v) is 9.23. The summed E-state index contributed by atoms with van der Waals surface area (Å²) in [5.74, 6) is 0.238. The third-order valence-corrected chi connectivity index (χ3v) is 4.36. The van der Waals surface area contributed by atoms with Crippen molar-refractivity contribution in [3.05, 3.63) is 120 Å². The zero-order chi connectivity index (χ0) is 19.9. The number of ether oxygens (including phenoxy) is 1. The Morgan fingerprint density at radius 3 is 2.03 bits per heavy atom. The van der Waals surface area contributed by atoms with Gasteiger partial charge in [0, 0.05) is 18.5 Å². The normalized spacial score (nSPS) is 10.5. The molecule has 0 aliphatic carbocycles. The summed E-state index contributed by atoms with van der Waals surface area (Å²) in [6.45, 7) is 0. The van der Waals surface area contributed by atoms with E-state index in [1.807, 2.05) is 60.7 Å². The number of hydrogen-bond acceptors (Lipinski definition) is 4. The van der Waals surface area contributed by atoms with Crippen LogP contribution >= 0.6 is 0 Å². The van der Waals surface area contributed by atoms with E-state index in [1.165, 1.54) is 6.20 Å². The van der Waals surface area contributed by atoms with Crippen LogP contribution in [0.1, 0.15) is 27.6 Å².